The van der Waals surface area contributed by atoms with Crippen molar-refractivity contribution in [3.8, 4) is 5.75 Å². The summed E-state index contributed by atoms with van der Waals surface area (Å²) in [5, 5.41) is 11.2. The Labute approximate surface area is 184 Å². The van der Waals surface area contributed by atoms with E-state index >= 15 is 0 Å². The number of methoxy groups -OCH3 is 1. The largest absolute Gasteiger partial charge is 0.497 e. The van der Waals surface area contributed by atoms with Gasteiger partial charge in [0.15, 0.2) is 0 Å². The summed E-state index contributed by atoms with van der Waals surface area (Å²) in [6.07, 6.45) is 0. The fraction of sp³-hybridized carbons (Fsp3) is 0.200. The summed E-state index contributed by atoms with van der Waals surface area (Å²) in [6.45, 7) is 0. The van der Waals surface area contributed by atoms with Gasteiger partial charge in [-0.25, -0.2) is 0 Å². The highest BCUT2D eigenvalue weighted by Crippen LogP contribution is 2.57. The van der Waals surface area contributed by atoms with Gasteiger partial charge in [-0.2, -0.15) is 0 Å². The molecule has 0 amide bonds. The number of carboxylic acids is 1. The number of H-pyrrole nitrogens is 1. The van der Waals surface area contributed by atoms with Crippen LogP contribution in [0.5, 0.6) is 5.75 Å². The van der Waals surface area contributed by atoms with Crippen LogP contribution in [-0.2, 0) is 4.79 Å². The third kappa shape index (κ3) is 3.68. The summed E-state index contributed by atoms with van der Waals surface area (Å²) >= 11 is 15.3. The first-order chi connectivity index (χ1) is 13.9. The molecule has 5 nitrogen and oxygen atoms in total. The zero-order chi connectivity index (χ0) is 20.7. The van der Waals surface area contributed by atoms with Crippen molar-refractivity contribution in [1.29, 1.82) is 0 Å². The van der Waals surface area contributed by atoms with Crippen LogP contribution in [-0.4, -0.2) is 23.2 Å². The summed E-state index contributed by atoms with van der Waals surface area (Å²) in [6, 6.07) is 12.3. The third-order valence-corrected chi connectivity index (χ3v) is 8.03. The molecule has 0 unspecified atom stereocenters. The molecule has 0 saturated heterocycles. The molecule has 2 aromatic carbocycles. The maximum atomic E-state index is 12.5. The van der Waals surface area contributed by atoms with E-state index in [0.717, 1.165) is 16.9 Å². The highest BCUT2D eigenvalue weighted by Gasteiger charge is 2.46. The summed E-state index contributed by atoms with van der Waals surface area (Å²) in [5.74, 6) is -1.83. The van der Waals surface area contributed by atoms with Crippen LogP contribution in [0, 0.1) is 5.92 Å². The number of carboxylic acid groups (broad SMARTS) is 1. The van der Waals surface area contributed by atoms with Gasteiger partial charge >= 0.3 is 10.8 Å². The summed E-state index contributed by atoms with van der Waals surface area (Å²) in [5.41, 5.74) is 1.34. The minimum Gasteiger partial charge on any atom is -0.497 e. The number of halogens is 2. The molecule has 0 aliphatic carbocycles. The Kier molecular flexibility index (Phi) is 5.66. The highest BCUT2D eigenvalue weighted by atomic mass is 35.5. The lowest BCUT2D eigenvalue weighted by Crippen LogP contribution is -2.31. The number of aromatic amines is 1. The highest BCUT2D eigenvalue weighted by molar-refractivity contribution is 7.99. The molecule has 1 aliphatic heterocycles. The lowest BCUT2D eigenvalue weighted by molar-refractivity contribution is -0.142. The molecule has 4 rings (SSSR count). The SMILES string of the molecule is COc1ccc([C@@H]2Sc3[nH]c(=O)sc3[C@H](c3c(Cl)cccc3Cl)[C@H]2C(=O)O)cc1. The Balaban J connectivity index is 1.93. The zero-order valence-electron chi connectivity index (χ0n) is 15.0. The van der Waals surface area contributed by atoms with Crippen molar-refractivity contribution in [3.63, 3.8) is 0 Å². The molecule has 2 N–H and O–H groups in total. The Hall–Kier alpha value is -1.93. The molecule has 1 aliphatic rings. The molecule has 0 fully saturated rings. The van der Waals surface area contributed by atoms with Gasteiger partial charge in [-0.15, -0.1) is 0 Å². The number of nitrogens with one attached hydrogen (secondary N) is 1. The molecule has 0 spiro atoms. The van der Waals surface area contributed by atoms with E-state index in [1.165, 1.54) is 11.8 Å². The molecule has 2 heterocycles. The van der Waals surface area contributed by atoms with E-state index in [2.05, 4.69) is 4.98 Å². The molecule has 29 heavy (non-hydrogen) atoms. The van der Waals surface area contributed by atoms with Gasteiger partial charge in [0, 0.05) is 20.8 Å². The molecule has 150 valence electrons. The average molecular weight is 468 g/mol. The number of ether oxygens (including phenoxy) is 1. The molecular formula is C20H15Cl2NO4S2. The number of rotatable bonds is 4. The Morgan fingerprint density at radius 3 is 2.38 bits per heavy atom. The van der Waals surface area contributed by atoms with Crippen molar-refractivity contribution >= 4 is 52.3 Å². The first-order valence-corrected chi connectivity index (χ1v) is 11.1. The molecule has 1 aromatic heterocycles. The quantitative estimate of drug-likeness (QED) is 0.534. The van der Waals surface area contributed by atoms with Gasteiger partial charge < -0.3 is 14.8 Å². The van der Waals surface area contributed by atoms with Crippen molar-refractivity contribution in [2.45, 2.75) is 16.2 Å². The molecule has 0 saturated carbocycles. The second-order valence-corrected chi connectivity index (χ2v) is 9.48. The second kappa shape index (κ2) is 8.07. The Morgan fingerprint density at radius 2 is 1.79 bits per heavy atom. The van der Waals surface area contributed by atoms with Crippen LogP contribution in [0.1, 0.15) is 27.2 Å². The van der Waals surface area contributed by atoms with Gasteiger partial charge in [0.25, 0.3) is 0 Å². The number of hydrogen-bond donors (Lipinski definition) is 2. The van der Waals surface area contributed by atoms with Crippen LogP contribution in [0.3, 0.4) is 0 Å². The van der Waals surface area contributed by atoms with E-state index in [0.29, 0.717) is 31.3 Å². The second-order valence-electron chi connectivity index (χ2n) is 6.50. The maximum absolute atomic E-state index is 12.5. The van der Waals surface area contributed by atoms with Crippen molar-refractivity contribution in [2.75, 3.05) is 7.11 Å². The maximum Gasteiger partial charge on any atom is 0.308 e. The number of thiazole rings is 1. The van der Waals surface area contributed by atoms with Crippen LogP contribution in [0.15, 0.2) is 52.3 Å². The first-order valence-electron chi connectivity index (χ1n) is 8.61. The number of hydrogen-bond acceptors (Lipinski definition) is 5. The number of carbonyl (C=O) groups is 1. The molecule has 3 aromatic rings. The van der Waals surface area contributed by atoms with E-state index in [4.69, 9.17) is 27.9 Å². The molecule has 9 heteroatoms. The number of fused-ring (bicyclic) bond motifs is 1. The third-order valence-electron chi connectivity index (χ3n) is 4.89. The molecular weight excluding hydrogens is 453 g/mol. The molecule has 0 bridgehead atoms. The molecule has 0 radical (unpaired) electrons. The van der Waals surface area contributed by atoms with Gasteiger partial charge in [0.1, 0.15) is 5.75 Å². The number of thioether (sulfide) groups is 1. The van der Waals surface area contributed by atoms with Crippen LogP contribution < -0.4 is 9.61 Å². The lowest BCUT2D eigenvalue weighted by atomic mass is 9.80. The van der Waals surface area contributed by atoms with E-state index in [9.17, 15) is 14.7 Å². The van der Waals surface area contributed by atoms with Crippen molar-refractivity contribution < 1.29 is 14.6 Å². The average Bonchev–Trinajstić information content (AvgIpc) is 3.07. The Bertz CT molecular complexity index is 1110. The predicted octanol–water partition coefficient (Wildman–Crippen LogP) is 5.43. The first kappa shape index (κ1) is 20.3. The number of benzene rings is 2. The van der Waals surface area contributed by atoms with Gasteiger partial charge in [-0.1, -0.05) is 64.5 Å². The van der Waals surface area contributed by atoms with E-state index in [-0.39, 0.29) is 4.87 Å². The molecule has 3 atom stereocenters. The van der Waals surface area contributed by atoms with Crippen molar-refractivity contribution in [1.82, 2.24) is 4.98 Å². The monoisotopic (exact) mass is 467 g/mol. The standard InChI is InChI=1S/C20H15Cl2NO4S2/c1-27-10-7-5-9(6-8-10)16-15(19(24)25)14(13-11(21)3-2-4-12(13)22)17-18(28-16)23-20(26)29-17/h2-8,14-16H,1H3,(H,23,26)(H,24,25)/t14-,15-,16+/m1/s1. The normalized spacial score (nSPS) is 20.9. The van der Waals surface area contributed by atoms with Crippen LogP contribution in [0.4, 0.5) is 0 Å². The van der Waals surface area contributed by atoms with Crippen LogP contribution >= 0.6 is 46.3 Å². The zero-order valence-corrected chi connectivity index (χ0v) is 18.2. The van der Waals surface area contributed by atoms with E-state index in [1.54, 1.807) is 37.4 Å². The fourth-order valence-electron chi connectivity index (χ4n) is 3.62. The van der Waals surface area contributed by atoms with E-state index < -0.39 is 23.1 Å². The topological polar surface area (TPSA) is 79.4 Å². The minimum absolute atomic E-state index is 0.241. The number of aliphatic carboxylic acids is 1. The summed E-state index contributed by atoms with van der Waals surface area (Å²) in [7, 11) is 1.57. The summed E-state index contributed by atoms with van der Waals surface area (Å²) < 4.78 is 5.21. The van der Waals surface area contributed by atoms with Crippen molar-refractivity contribution in [2.24, 2.45) is 5.92 Å². The van der Waals surface area contributed by atoms with Gasteiger partial charge in [0.05, 0.1) is 23.3 Å². The van der Waals surface area contributed by atoms with Crippen molar-refractivity contribution in [3.05, 3.63) is 78.2 Å². The fourth-order valence-corrected chi connectivity index (χ4v) is 6.83. The smallest absolute Gasteiger partial charge is 0.308 e. The van der Waals surface area contributed by atoms with Gasteiger partial charge in [0.2, 0.25) is 0 Å². The van der Waals surface area contributed by atoms with E-state index in [1.807, 2.05) is 12.1 Å². The lowest BCUT2D eigenvalue weighted by Gasteiger charge is -2.35. The van der Waals surface area contributed by atoms with Gasteiger partial charge in [-0.05, 0) is 35.4 Å². The van der Waals surface area contributed by atoms with Crippen LogP contribution in [0.2, 0.25) is 10.0 Å². The number of aromatic nitrogens is 1. The minimum atomic E-state index is -0.981. The summed E-state index contributed by atoms with van der Waals surface area (Å²) in [4.78, 5) is 27.8. The van der Waals surface area contributed by atoms with Gasteiger partial charge in [-0.3, -0.25) is 9.59 Å². The Morgan fingerprint density at radius 1 is 1.14 bits per heavy atom. The van der Waals surface area contributed by atoms with Crippen LogP contribution in [0.25, 0.3) is 0 Å². The predicted molar refractivity (Wildman–Crippen MR) is 116 cm³/mol.